The quantitative estimate of drug-likeness (QED) is 0.786. The number of carbonyl (C=O) groups excluding carboxylic acids is 2. The third kappa shape index (κ3) is 1.29. The first-order chi connectivity index (χ1) is 9.08. The maximum absolute atomic E-state index is 12.3. The Morgan fingerprint density at radius 1 is 1.26 bits per heavy atom. The molecule has 1 aromatic rings. The molecule has 1 N–H and O–H groups in total. The minimum atomic E-state index is -0.283. The van der Waals surface area contributed by atoms with Crippen molar-refractivity contribution in [2.45, 2.75) is 43.6 Å². The highest BCUT2D eigenvalue weighted by Crippen LogP contribution is 2.69. The number of fused-ring (bicyclic) bond motifs is 3. The topological polar surface area (TPSA) is 55.4 Å². The number of hydrogen-bond acceptors (Lipinski definition) is 3. The van der Waals surface area contributed by atoms with Gasteiger partial charge in [-0.05, 0) is 37.3 Å². The van der Waals surface area contributed by atoms with E-state index in [4.69, 9.17) is 4.74 Å². The standard InChI is InChI=1S/C15H15NO3/c1-9(17)16-11-4-2-3-10-12(11)13(18)19-15(7-8-15)14(10)5-6-14/h2-4H,5-8H2,1H3,(H,16,17). The van der Waals surface area contributed by atoms with Crippen LogP contribution in [-0.2, 0) is 14.9 Å². The van der Waals surface area contributed by atoms with Crippen LogP contribution >= 0.6 is 0 Å². The number of carbonyl (C=O) groups is 2. The van der Waals surface area contributed by atoms with Crippen molar-refractivity contribution >= 4 is 17.6 Å². The number of rotatable bonds is 1. The fraction of sp³-hybridized carbons (Fsp3) is 0.467. The van der Waals surface area contributed by atoms with Crippen LogP contribution in [0.5, 0.6) is 0 Å². The lowest BCUT2D eigenvalue weighted by Crippen LogP contribution is -2.40. The Bertz CT molecular complexity index is 612. The molecule has 0 aromatic heterocycles. The van der Waals surface area contributed by atoms with Crippen molar-refractivity contribution in [1.29, 1.82) is 0 Å². The largest absolute Gasteiger partial charge is 0.454 e. The molecule has 98 valence electrons. The first kappa shape index (κ1) is 11.0. The molecular formula is C15H15NO3. The predicted molar refractivity (Wildman–Crippen MR) is 69.0 cm³/mol. The molecule has 3 aliphatic rings. The summed E-state index contributed by atoms with van der Waals surface area (Å²) < 4.78 is 5.72. The lowest BCUT2D eigenvalue weighted by atomic mass is 9.81. The van der Waals surface area contributed by atoms with Crippen LogP contribution in [0.1, 0.15) is 48.5 Å². The molecule has 2 fully saturated rings. The van der Waals surface area contributed by atoms with Crippen molar-refractivity contribution in [1.82, 2.24) is 0 Å². The fourth-order valence-corrected chi connectivity index (χ4v) is 3.58. The van der Waals surface area contributed by atoms with Crippen molar-refractivity contribution in [2.75, 3.05) is 5.32 Å². The Hall–Kier alpha value is -1.84. The number of nitrogens with one attached hydrogen (secondary N) is 1. The number of hydrogen-bond donors (Lipinski definition) is 1. The molecule has 4 rings (SSSR count). The second kappa shape index (κ2) is 3.18. The Labute approximate surface area is 111 Å². The van der Waals surface area contributed by atoms with Gasteiger partial charge < -0.3 is 10.1 Å². The molecule has 2 saturated carbocycles. The van der Waals surface area contributed by atoms with Crippen LogP contribution < -0.4 is 5.32 Å². The summed E-state index contributed by atoms with van der Waals surface area (Å²) in [5.74, 6) is -0.452. The molecule has 2 aliphatic carbocycles. The normalized spacial score (nSPS) is 23.7. The van der Waals surface area contributed by atoms with Gasteiger partial charge in [-0.2, -0.15) is 0 Å². The highest BCUT2D eigenvalue weighted by molar-refractivity contribution is 6.03. The molecule has 1 aromatic carbocycles. The van der Waals surface area contributed by atoms with Gasteiger partial charge in [0.05, 0.1) is 11.3 Å². The maximum Gasteiger partial charge on any atom is 0.341 e. The summed E-state index contributed by atoms with van der Waals surface area (Å²) >= 11 is 0. The second-order valence-corrected chi connectivity index (χ2v) is 5.88. The van der Waals surface area contributed by atoms with Gasteiger partial charge in [-0.1, -0.05) is 12.1 Å². The zero-order chi connectivity index (χ0) is 13.3. The molecule has 4 heteroatoms. The van der Waals surface area contributed by atoms with Gasteiger partial charge in [-0.3, -0.25) is 4.79 Å². The van der Waals surface area contributed by atoms with Crippen molar-refractivity contribution < 1.29 is 14.3 Å². The molecule has 0 atom stereocenters. The second-order valence-electron chi connectivity index (χ2n) is 5.88. The van der Waals surface area contributed by atoms with Crippen LogP contribution in [0.4, 0.5) is 5.69 Å². The molecule has 0 radical (unpaired) electrons. The molecule has 2 spiro atoms. The van der Waals surface area contributed by atoms with Crippen LogP contribution in [-0.4, -0.2) is 17.5 Å². The smallest absolute Gasteiger partial charge is 0.341 e. The minimum Gasteiger partial charge on any atom is -0.454 e. The first-order valence-corrected chi connectivity index (χ1v) is 6.72. The van der Waals surface area contributed by atoms with Crippen LogP contribution in [0.15, 0.2) is 18.2 Å². The summed E-state index contributed by atoms with van der Waals surface area (Å²) in [7, 11) is 0. The number of amides is 1. The number of benzene rings is 1. The first-order valence-electron chi connectivity index (χ1n) is 6.72. The van der Waals surface area contributed by atoms with Gasteiger partial charge in [0, 0.05) is 12.3 Å². The average molecular weight is 257 g/mol. The zero-order valence-electron chi connectivity index (χ0n) is 10.8. The fourth-order valence-electron chi connectivity index (χ4n) is 3.58. The summed E-state index contributed by atoms with van der Waals surface area (Å²) in [4.78, 5) is 23.5. The van der Waals surface area contributed by atoms with E-state index in [1.165, 1.54) is 6.92 Å². The van der Waals surface area contributed by atoms with Gasteiger partial charge in [0.2, 0.25) is 5.91 Å². The molecule has 1 aliphatic heterocycles. The zero-order valence-corrected chi connectivity index (χ0v) is 10.8. The maximum atomic E-state index is 12.3. The van der Waals surface area contributed by atoms with Crippen molar-refractivity contribution in [3.63, 3.8) is 0 Å². The third-order valence-electron chi connectivity index (χ3n) is 4.71. The molecular weight excluding hydrogens is 242 g/mol. The third-order valence-corrected chi connectivity index (χ3v) is 4.71. The Morgan fingerprint density at radius 3 is 2.58 bits per heavy atom. The Kier molecular flexibility index (Phi) is 1.85. The van der Waals surface area contributed by atoms with Gasteiger partial charge >= 0.3 is 5.97 Å². The van der Waals surface area contributed by atoms with Crippen molar-refractivity contribution in [3.8, 4) is 0 Å². The molecule has 0 saturated heterocycles. The summed E-state index contributed by atoms with van der Waals surface area (Å²) in [5.41, 5.74) is 2.02. The van der Waals surface area contributed by atoms with Gasteiger partial charge in [-0.15, -0.1) is 0 Å². The van der Waals surface area contributed by atoms with E-state index in [2.05, 4.69) is 5.32 Å². The lowest BCUT2D eigenvalue weighted by Gasteiger charge is -2.34. The molecule has 1 heterocycles. The monoisotopic (exact) mass is 257 g/mol. The minimum absolute atomic E-state index is 0.0325. The molecule has 0 unspecified atom stereocenters. The van der Waals surface area contributed by atoms with E-state index in [1.807, 2.05) is 12.1 Å². The van der Waals surface area contributed by atoms with Crippen LogP contribution in [0.2, 0.25) is 0 Å². The average Bonchev–Trinajstić information content (AvgIpc) is 3.20. The predicted octanol–water partition coefficient (Wildman–Crippen LogP) is 2.38. The van der Waals surface area contributed by atoms with E-state index in [-0.39, 0.29) is 22.9 Å². The number of anilines is 1. The van der Waals surface area contributed by atoms with Crippen molar-refractivity contribution in [2.24, 2.45) is 0 Å². The SMILES string of the molecule is CC(=O)Nc1cccc2c1C(=O)OC1(CC1)C21CC1. The van der Waals surface area contributed by atoms with E-state index < -0.39 is 0 Å². The van der Waals surface area contributed by atoms with E-state index in [1.54, 1.807) is 6.07 Å². The van der Waals surface area contributed by atoms with Crippen LogP contribution in [0.3, 0.4) is 0 Å². The van der Waals surface area contributed by atoms with Crippen molar-refractivity contribution in [3.05, 3.63) is 29.3 Å². The van der Waals surface area contributed by atoms with E-state index >= 15 is 0 Å². The number of ether oxygens (including phenoxy) is 1. The van der Waals surface area contributed by atoms with Crippen LogP contribution in [0, 0.1) is 0 Å². The summed E-state index contributed by atoms with van der Waals surface area (Å²) in [6.45, 7) is 1.45. The van der Waals surface area contributed by atoms with Gasteiger partial charge in [0.1, 0.15) is 5.60 Å². The molecule has 19 heavy (non-hydrogen) atoms. The van der Waals surface area contributed by atoms with Gasteiger partial charge in [0.25, 0.3) is 0 Å². The summed E-state index contributed by atoms with van der Waals surface area (Å²) in [6, 6.07) is 5.70. The van der Waals surface area contributed by atoms with E-state index in [0.29, 0.717) is 11.3 Å². The van der Waals surface area contributed by atoms with E-state index in [9.17, 15) is 9.59 Å². The summed E-state index contributed by atoms with van der Waals surface area (Å²) in [5, 5.41) is 2.74. The van der Waals surface area contributed by atoms with Gasteiger partial charge in [0.15, 0.2) is 0 Å². The highest BCUT2D eigenvalue weighted by Gasteiger charge is 2.72. The molecule has 0 bridgehead atoms. The molecule has 4 nitrogen and oxygen atoms in total. The highest BCUT2D eigenvalue weighted by atomic mass is 16.6. The Morgan fingerprint density at radius 2 is 2.00 bits per heavy atom. The molecule has 1 amide bonds. The van der Waals surface area contributed by atoms with E-state index in [0.717, 1.165) is 31.2 Å². The lowest BCUT2D eigenvalue weighted by molar-refractivity contribution is -0.114. The van der Waals surface area contributed by atoms with Gasteiger partial charge in [-0.25, -0.2) is 4.79 Å². The van der Waals surface area contributed by atoms with Crippen LogP contribution in [0.25, 0.3) is 0 Å². The Balaban J connectivity index is 1.90. The number of esters is 1. The summed E-state index contributed by atoms with van der Waals surface area (Å²) in [6.07, 6.45) is 4.11.